The number of ether oxygens (including phenoxy) is 1. The summed E-state index contributed by atoms with van der Waals surface area (Å²) in [4.78, 5) is 0. The van der Waals surface area contributed by atoms with Gasteiger partial charge in [-0.1, -0.05) is 0 Å². The molecule has 0 amide bonds. The van der Waals surface area contributed by atoms with E-state index in [1.54, 1.807) is 0 Å². The first-order valence-corrected chi connectivity index (χ1v) is 3.45. The summed E-state index contributed by atoms with van der Waals surface area (Å²) < 4.78 is 5.16. The highest BCUT2D eigenvalue weighted by atomic mass is 16.5. The molecule has 0 atom stereocenters. The molecule has 0 unspecified atom stereocenters. The van der Waals surface area contributed by atoms with Gasteiger partial charge in [0.1, 0.15) is 0 Å². The van der Waals surface area contributed by atoms with Gasteiger partial charge in [0.25, 0.3) is 0 Å². The number of hydrogen-bond acceptors (Lipinski definition) is 5. The number of hydrazine groups is 1. The second-order valence-electron chi connectivity index (χ2n) is 1.99. The Hall–Kier alpha value is -0.780. The normalized spacial score (nSPS) is 11.6. The number of rotatable bonds is 6. The first-order chi connectivity index (χ1) is 5.35. The molecule has 0 saturated heterocycles. The molecule has 66 valence electrons. The van der Waals surface area contributed by atoms with Crippen molar-refractivity contribution < 1.29 is 4.74 Å². The first-order valence-electron chi connectivity index (χ1n) is 3.45. The van der Waals surface area contributed by atoms with Crippen LogP contribution in [0.2, 0.25) is 0 Å². The van der Waals surface area contributed by atoms with E-state index in [4.69, 9.17) is 16.3 Å². The Balaban J connectivity index is 3.22. The average Bonchev–Trinajstić information content (AvgIpc) is 2.05. The number of nitrogens with one attached hydrogen (secondary N) is 2. The molecule has 6 N–H and O–H groups in total. The predicted molar refractivity (Wildman–Crippen MR) is 44.3 cm³/mol. The van der Waals surface area contributed by atoms with Crippen LogP contribution >= 0.6 is 0 Å². The summed E-state index contributed by atoms with van der Waals surface area (Å²) in [5, 5.41) is 2.95. The summed E-state index contributed by atoms with van der Waals surface area (Å²) in [5.41, 5.74) is 8.30. The molecule has 0 saturated carbocycles. The molecule has 0 aromatic carbocycles. The molecule has 0 heterocycles. The molecule has 0 radical (unpaired) electrons. The van der Waals surface area contributed by atoms with E-state index in [1.165, 1.54) is 6.20 Å². The molecule has 5 nitrogen and oxygen atoms in total. The average molecular weight is 160 g/mol. The number of hydrogen-bond donors (Lipinski definition) is 4. The van der Waals surface area contributed by atoms with Crippen molar-refractivity contribution >= 4 is 0 Å². The van der Waals surface area contributed by atoms with Crippen molar-refractivity contribution in [2.24, 2.45) is 11.6 Å². The van der Waals surface area contributed by atoms with Gasteiger partial charge in [-0.05, 0) is 7.05 Å². The number of likely N-dealkylation sites (N-methyl/N-ethyl adjacent to an activating group) is 1. The van der Waals surface area contributed by atoms with Crippen LogP contribution in [0.25, 0.3) is 0 Å². The van der Waals surface area contributed by atoms with Gasteiger partial charge in [-0.25, -0.2) is 0 Å². The van der Waals surface area contributed by atoms with Crippen LogP contribution in [0.15, 0.2) is 11.9 Å². The van der Waals surface area contributed by atoms with Crippen molar-refractivity contribution in [3.05, 3.63) is 11.9 Å². The lowest BCUT2D eigenvalue weighted by atomic mass is 10.5. The molecule has 0 aliphatic carbocycles. The van der Waals surface area contributed by atoms with Crippen molar-refractivity contribution in [1.29, 1.82) is 0 Å². The lowest BCUT2D eigenvalue weighted by Crippen LogP contribution is -2.26. The van der Waals surface area contributed by atoms with E-state index in [9.17, 15) is 0 Å². The van der Waals surface area contributed by atoms with Crippen molar-refractivity contribution in [2.75, 3.05) is 26.8 Å². The summed E-state index contributed by atoms with van der Waals surface area (Å²) in [6, 6.07) is 0. The minimum atomic E-state index is 0.425. The van der Waals surface area contributed by atoms with E-state index in [2.05, 4.69) is 10.7 Å². The van der Waals surface area contributed by atoms with Crippen molar-refractivity contribution in [1.82, 2.24) is 10.7 Å². The van der Waals surface area contributed by atoms with Gasteiger partial charge in [0.05, 0.1) is 18.9 Å². The molecule has 0 aromatic rings. The quantitative estimate of drug-likeness (QED) is 0.215. The van der Waals surface area contributed by atoms with Crippen LogP contribution in [-0.2, 0) is 4.74 Å². The van der Waals surface area contributed by atoms with Crippen LogP contribution in [-0.4, -0.2) is 26.8 Å². The molecule has 0 fully saturated rings. The highest BCUT2D eigenvalue weighted by Crippen LogP contribution is 1.84. The van der Waals surface area contributed by atoms with Gasteiger partial charge < -0.3 is 21.2 Å². The number of nitrogens with two attached hydrogens (primary N) is 2. The lowest BCUT2D eigenvalue weighted by Gasteiger charge is -2.06. The van der Waals surface area contributed by atoms with Gasteiger partial charge in [0.15, 0.2) is 0 Å². The molecule has 11 heavy (non-hydrogen) atoms. The standard InChI is InChI=1S/C6H16N4O/c1-9-2-3-11-5-6(4-7)10-8/h4,9-10H,2-3,5,7-8H2,1H3/b6-4-. The predicted octanol–water partition coefficient (Wildman–Crippen LogP) is -1.51. The zero-order valence-corrected chi connectivity index (χ0v) is 6.76. The molecule has 0 rings (SSSR count). The van der Waals surface area contributed by atoms with E-state index in [0.29, 0.717) is 18.9 Å². The SMILES string of the molecule is CNCCOC/C(=C/N)NN. The van der Waals surface area contributed by atoms with Crippen LogP contribution in [0.4, 0.5) is 0 Å². The molecule has 0 aliphatic heterocycles. The van der Waals surface area contributed by atoms with Crippen LogP contribution < -0.4 is 22.3 Å². The molecular formula is C6H16N4O. The third-order valence-corrected chi connectivity index (χ3v) is 1.14. The minimum absolute atomic E-state index is 0.425. The Labute approximate surface area is 66.7 Å². The first kappa shape index (κ1) is 10.2. The Morgan fingerprint density at radius 3 is 2.82 bits per heavy atom. The lowest BCUT2D eigenvalue weighted by molar-refractivity contribution is 0.155. The van der Waals surface area contributed by atoms with E-state index in [1.807, 2.05) is 7.05 Å². The molecule has 5 heteroatoms. The molecular weight excluding hydrogens is 144 g/mol. The Morgan fingerprint density at radius 1 is 1.64 bits per heavy atom. The minimum Gasteiger partial charge on any atom is -0.403 e. The van der Waals surface area contributed by atoms with Gasteiger partial charge in [-0.2, -0.15) is 0 Å². The summed E-state index contributed by atoms with van der Waals surface area (Å²) in [6.07, 6.45) is 1.39. The maximum atomic E-state index is 5.20. The monoisotopic (exact) mass is 160 g/mol. The largest absolute Gasteiger partial charge is 0.403 e. The zero-order chi connectivity index (χ0) is 8.53. The van der Waals surface area contributed by atoms with Crippen molar-refractivity contribution in [3.63, 3.8) is 0 Å². The summed E-state index contributed by atoms with van der Waals surface area (Å²) in [5.74, 6) is 5.10. The van der Waals surface area contributed by atoms with Gasteiger partial charge in [-0.3, -0.25) is 5.84 Å². The van der Waals surface area contributed by atoms with E-state index in [-0.39, 0.29) is 0 Å². The maximum absolute atomic E-state index is 5.20. The van der Waals surface area contributed by atoms with E-state index in [0.717, 1.165) is 6.54 Å². The molecule has 0 spiro atoms. The Bertz CT molecular complexity index is 115. The second-order valence-corrected chi connectivity index (χ2v) is 1.99. The highest BCUT2D eigenvalue weighted by Gasteiger charge is 1.91. The topological polar surface area (TPSA) is 85.3 Å². The van der Waals surface area contributed by atoms with Gasteiger partial charge in [0, 0.05) is 12.7 Å². The van der Waals surface area contributed by atoms with Crippen LogP contribution in [0.1, 0.15) is 0 Å². The smallest absolute Gasteiger partial charge is 0.0891 e. The molecule has 0 bridgehead atoms. The molecule has 0 aromatic heterocycles. The van der Waals surface area contributed by atoms with Crippen LogP contribution in [0, 0.1) is 0 Å². The zero-order valence-electron chi connectivity index (χ0n) is 6.76. The van der Waals surface area contributed by atoms with Crippen LogP contribution in [0.5, 0.6) is 0 Å². The van der Waals surface area contributed by atoms with Crippen LogP contribution in [0.3, 0.4) is 0 Å². The van der Waals surface area contributed by atoms with E-state index >= 15 is 0 Å². The third-order valence-electron chi connectivity index (χ3n) is 1.14. The summed E-state index contributed by atoms with van der Waals surface area (Å²) >= 11 is 0. The molecule has 0 aliphatic rings. The fourth-order valence-electron chi connectivity index (χ4n) is 0.494. The van der Waals surface area contributed by atoms with E-state index < -0.39 is 0 Å². The summed E-state index contributed by atoms with van der Waals surface area (Å²) in [7, 11) is 1.87. The van der Waals surface area contributed by atoms with Crippen molar-refractivity contribution in [3.8, 4) is 0 Å². The summed E-state index contributed by atoms with van der Waals surface area (Å²) in [6.45, 7) is 1.90. The second kappa shape index (κ2) is 7.33. The third kappa shape index (κ3) is 5.65. The maximum Gasteiger partial charge on any atom is 0.0891 e. The fraction of sp³-hybridized carbons (Fsp3) is 0.667. The van der Waals surface area contributed by atoms with Gasteiger partial charge in [0.2, 0.25) is 0 Å². The van der Waals surface area contributed by atoms with Crippen molar-refractivity contribution in [2.45, 2.75) is 0 Å². The highest BCUT2D eigenvalue weighted by molar-refractivity contribution is 4.94. The van der Waals surface area contributed by atoms with Gasteiger partial charge >= 0.3 is 0 Å². The Morgan fingerprint density at radius 2 is 2.36 bits per heavy atom. The Kier molecular flexibility index (Phi) is 6.81. The fourth-order valence-corrected chi connectivity index (χ4v) is 0.494. The van der Waals surface area contributed by atoms with Gasteiger partial charge in [-0.15, -0.1) is 0 Å².